The van der Waals surface area contributed by atoms with E-state index in [0.29, 0.717) is 6.61 Å². The molecule has 1 heterocycles. The van der Waals surface area contributed by atoms with Gasteiger partial charge in [0.1, 0.15) is 5.75 Å². The number of aromatic nitrogens is 1. The highest BCUT2D eigenvalue weighted by Gasteiger charge is 2.04. The van der Waals surface area contributed by atoms with E-state index in [-0.39, 0.29) is 0 Å². The molecule has 4 nitrogen and oxygen atoms in total. The second-order valence-corrected chi connectivity index (χ2v) is 4.30. The van der Waals surface area contributed by atoms with Crippen LogP contribution in [0.15, 0.2) is 18.2 Å². The van der Waals surface area contributed by atoms with Gasteiger partial charge in [-0.1, -0.05) is 11.3 Å². The van der Waals surface area contributed by atoms with Gasteiger partial charge in [0, 0.05) is 13.7 Å². The van der Waals surface area contributed by atoms with Crippen LogP contribution >= 0.6 is 11.3 Å². The SMILES string of the molecule is COCCNc1nc2ccc(OC)cc2s1. The highest BCUT2D eigenvalue weighted by Crippen LogP contribution is 2.28. The molecule has 0 fully saturated rings. The fraction of sp³-hybridized carbons (Fsp3) is 0.364. The Bertz CT molecular complexity index is 470. The van der Waals surface area contributed by atoms with Gasteiger partial charge < -0.3 is 14.8 Å². The molecule has 0 spiro atoms. The topological polar surface area (TPSA) is 43.4 Å². The number of methoxy groups -OCH3 is 2. The van der Waals surface area contributed by atoms with Crippen molar-refractivity contribution in [1.82, 2.24) is 4.98 Å². The van der Waals surface area contributed by atoms with Crippen LogP contribution in [0.25, 0.3) is 10.2 Å². The largest absolute Gasteiger partial charge is 0.497 e. The van der Waals surface area contributed by atoms with E-state index < -0.39 is 0 Å². The molecule has 0 aliphatic carbocycles. The number of anilines is 1. The van der Waals surface area contributed by atoms with Crippen molar-refractivity contribution in [3.8, 4) is 5.75 Å². The lowest BCUT2D eigenvalue weighted by molar-refractivity contribution is 0.211. The zero-order valence-electron chi connectivity index (χ0n) is 9.32. The summed E-state index contributed by atoms with van der Waals surface area (Å²) < 4.78 is 11.3. The maximum atomic E-state index is 5.17. The molecule has 0 aliphatic rings. The zero-order valence-corrected chi connectivity index (χ0v) is 10.1. The summed E-state index contributed by atoms with van der Waals surface area (Å²) >= 11 is 1.62. The standard InChI is InChI=1S/C11H14N2O2S/c1-14-6-5-12-11-13-9-4-3-8(15-2)7-10(9)16-11/h3-4,7H,5-6H2,1-2H3,(H,12,13). The van der Waals surface area contributed by atoms with Crippen LogP contribution in [-0.4, -0.2) is 32.4 Å². The molecule has 0 atom stereocenters. The first-order chi connectivity index (χ1) is 7.83. The van der Waals surface area contributed by atoms with Crippen molar-refractivity contribution < 1.29 is 9.47 Å². The van der Waals surface area contributed by atoms with E-state index in [1.165, 1.54) is 0 Å². The molecule has 0 radical (unpaired) electrons. The lowest BCUT2D eigenvalue weighted by Crippen LogP contribution is -2.06. The maximum Gasteiger partial charge on any atom is 0.183 e. The molecule has 5 heteroatoms. The number of rotatable bonds is 5. The van der Waals surface area contributed by atoms with Gasteiger partial charge in [0.15, 0.2) is 5.13 Å². The summed E-state index contributed by atoms with van der Waals surface area (Å²) in [6.07, 6.45) is 0. The van der Waals surface area contributed by atoms with Gasteiger partial charge in [0.2, 0.25) is 0 Å². The Morgan fingerprint density at radius 3 is 3.00 bits per heavy atom. The van der Waals surface area contributed by atoms with Gasteiger partial charge in [0.05, 0.1) is 23.9 Å². The van der Waals surface area contributed by atoms with Crippen LogP contribution in [0.2, 0.25) is 0 Å². The van der Waals surface area contributed by atoms with Crippen LogP contribution in [0.1, 0.15) is 0 Å². The van der Waals surface area contributed by atoms with Crippen LogP contribution in [-0.2, 0) is 4.74 Å². The lowest BCUT2D eigenvalue weighted by atomic mass is 10.3. The third-order valence-electron chi connectivity index (χ3n) is 2.18. The molecule has 0 saturated heterocycles. The number of ether oxygens (including phenoxy) is 2. The molecular weight excluding hydrogens is 224 g/mol. The fourth-order valence-electron chi connectivity index (χ4n) is 1.37. The summed E-state index contributed by atoms with van der Waals surface area (Å²) in [6, 6.07) is 5.88. The first-order valence-electron chi connectivity index (χ1n) is 5.01. The Hall–Kier alpha value is -1.33. The Kier molecular flexibility index (Phi) is 3.58. The predicted octanol–water partition coefficient (Wildman–Crippen LogP) is 2.36. The fourth-order valence-corrected chi connectivity index (χ4v) is 2.29. The van der Waals surface area contributed by atoms with E-state index in [2.05, 4.69) is 10.3 Å². The number of nitrogens with one attached hydrogen (secondary N) is 1. The summed E-state index contributed by atoms with van der Waals surface area (Å²) in [5.74, 6) is 0.861. The summed E-state index contributed by atoms with van der Waals surface area (Å²) in [7, 11) is 3.35. The van der Waals surface area contributed by atoms with Crippen molar-refractivity contribution in [2.75, 3.05) is 32.7 Å². The van der Waals surface area contributed by atoms with E-state index in [9.17, 15) is 0 Å². The van der Waals surface area contributed by atoms with E-state index in [0.717, 1.165) is 27.6 Å². The summed E-state index contributed by atoms with van der Waals surface area (Å²) in [5.41, 5.74) is 0.991. The van der Waals surface area contributed by atoms with E-state index in [4.69, 9.17) is 9.47 Å². The van der Waals surface area contributed by atoms with Crippen LogP contribution in [0.4, 0.5) is 5.13 Å². The van der Waals surface area contributed by atoms with Gasteiger partial charge in [0.25, 0.3) is 0 Å². The quantitative estimate of drug-likeness (QED) is 0.812. The lowest BCUT2D eigenvalue weighted by Gasteiger charge is -1.99. The minimum Gasteiger partial charge on any atom is -0.497 e. The van der Waals surface area contributed by atoms with Crippen molar-refractivity contribution in [3.05, 3.63) is 18.2 Å². The summed E-state index contributed by atoms with van der Waals surface area (Å²) in [5, 5.41) is 4.13. The molecule has 1 aromatic carbocycles. The number of fused-ring (bicyclic) bond motifs is 1. The summed E-state index contributed by atoms with van der Waals surface area (Å²) in [6.45, 7) is 1.45. The monoisotopic (exact) mass is 238 g/mol. The Labute approximate surface area is 98.2 Å². The minimum atomic E-state index is 0.680. The smallest absolute Gasteiger partial charge is 0.183 e. The third-order valence-corrected chi connectivity index (χ3v) is 3.15. The van der Waals surface area contributed by atoms with Gasteiger partial charge in [-0.25, -0.2) is 4.98 Å². The maximum absolute atomic E-state index is 5.17. The van der Waals surface area contributed by atoms with Gasteiger partial charge >= 0.3 is 0 Å². The molecular formula is C11H14N2O2S. The normalized spacial score (nSPS) is 10.6. The minimum absolute atomic E-state index is 0.680. The Morgan fingerprint density at radius 1 is 1.38 bits per heavy atom. The summed E-state index contributed by atoms with van der Waals surface area (Å²) in [4.78, 5) is 4.46. The molecule has 16 heavy (non-hydrogen) atoms. The van der Waals surface area contributed by atoms with Crippen molar-refractivity contribution in [2.24, 2.45) is 0 Å². The molecule has 2 rings (SSSR count). The van der Waals surface area contributed by atoms with Gasteiger partial charge in [-0.3, -0.25) is 0 Å². The molecule has 86 valence electrons. The van der Waals surface area contributed by atoms with Gasteiger partial charge in [-0.05, 0) is 18.2 Å². The van der Waals surface area contributed by atoms with Crippen molar-refractivity contribution in [2.45, 2.75) is 0 Å². The molecule has 0 bridgehead atoms. The van der Waals surface area contributed by atoms with Gasteiger partial charge in [-0.2, -0.15) is 0 Å². The number of hydrogen-bond acceptors (Lipinski definition) is 5. The third kappa shape index (κ3) is 2.43. The van der Waals surface area contributed by atoms with E-state index in [1.54, 1.807) is 25.6 Å². The molecule has 0 aliphatic heterocycles. The number of nitrogens with zero attached hydrogens (tertiary/aromatic N) is 1. The van der Waals surface area contributed by atoms with Crippen molar-refractivity contribution in [1.29, 1.82) is 0 Å². The average Bonchev–Trinajstić information content (AvgIpc) is 2.70. The average molecular weight is 238 g/mol. The molecule has 1 aromatic heterocycles. The van der Waals surface area contributed by atoms with Crippen molar-refractivity contribution in [3.63, 3.8) is 0 Å². The van der Waals surface area contributed by atoms with Crippen LogP contribution in [0.5, 0.6) is 5.75 Å². The second-order valence-electron chi connectivity index (χ2n) is 3.27. The molecule has 2 aromatic rings. The van der Waals surface area contributed by atoms with E-state index in [1.807, 2.05) is 18.2 Å². The van der Waals surface area contributed by atoms with Crippen LogP contribution in [0.3, 0.4) is 0 Å². The van der Waals surface area contributed by atoms with Crippen molar-refractivity contribution >= 4 is 26.7 Å². The van der Waals surface area contributed by atoms with Crippen LogP contribution < -0.4 is 10.1 Å². The second kappa shape index (κ2) is 5.14. The first-order valence-corrected chi connectivity index (χ1v) is 5.82. The molecule has 0 saturated carbocycles. The predicted molar refractivity (Wildman–Crippen MR) is 66.5 cm³/mol. The Morgan fingerprint density at radius 2 is 2.25 bits per heavy atom. The highest BCUT2D eigenvalue weighted by molar-refractivity contribution is 7.22. The van der Waals surface area contributed by atoms with Crippen LogP contribution in [0, 0.1) is 0 Å². The number of thiazole rings is 1. The zero-order chi connectivity index (χ0) is 11.4. The Balaban J connectivity index is 2.16. The molecule has 1 N–H and O–H groups in total. The molecule has 0 amide bonds. The van der Waals surface area contributed by atoms with Gasteiger partial charge in [-0.15, -0.1) is 0 Å². The highest BCUT2D eigenvalue weighted by atomic mass is 32.1. The molecule has 0 unspecified atom stereocenters. The van der Waals surface area contributed by atoms with E-state index >= 15 is 0 Å². The number of benzene rings is 1. The number of hydrogen-bond donors (Lipinski definition) is 1. The first kappa shape index (κ1) is 11.2.